The van der Waals surface area contributed by atoms with Gasteiger partial charge in [-0.15, -0.1) is 0 Å². The highest BCUT2D eigenvalue weighted by Gasteiger charge is 2.18. The quantitative estimate of drug-likeness (QED) is 0.628. The molecule has 0 saturated heterocycles. The third-order valence-corrected chi connectivity index (χ3v) is 3.04. The van der Waals surface area contributed by atoms with Crippen LogP contribution in [0.25, 0.3) is 10.9 Å². The Labute approximate surface area is 111 Å². The summed E-state index contributed by atoms with van der Waals surface area (Å²) >= 11 is 0. The van der Waals surface area contributed by atoms with Crippen LogP contribution < -0.4 is 11.1 Å². The normalized spacial score (nSPS) is 11.7. The Kier molecular flexibility index (Phi) is 3.48. The number of hydrogen-bond acceptors (Lipinski definition) is 3. The van der Waals surface area contributed by atoms with Crippen LogP contribution in [0.2, 0.25) is 0 Å². The van der Waals surface area contributed by atoms with Crippen LogP contribution in [0.15, 0.2) is 24.3 Å². The van der Waals surface area contributed by atoms with Crippen molar-refractivity contribution in [3.8, 4) is 0 Å². The lowest BCUT2D eigenvalue weighted by atomic mass is 9.95. The molecular weight excluding hydrogens is 242 g/mol. The van der Waals surface area contributed by atoms with Crippen molar-refractivity contribution in [3.63, 3.8) is 0 Å². The van der Waals surface area contributed by atoms with Crippen LogP contribution in [-0.4, -0.2) is 29.1 Å². The second-order valence-corrected chi connectivity index (χ2v) is 5.53. The van der Waals surface area contributed by atoms with Gasteiger partial charge in [-0.2, -0.15) is 0 Å². The first-order chi connectivity index (χ1) is 8.91. The maximum atomic E-state index is 12.0. The van der Waals surface area contributed by atoms with Crippen LogP contribution in [0.3, 0.4) is 0 Å². The predicted octanol–water partition coefficient (Wildman–Crippen LogP) is 1.50. The molecule has 2 rings (SSSR count). The Hall–Kier alpha value is -2.01. The lowest BCUT2D eigenvalue weighted by Crippen LogP contribution is -2.36. The lowest BCUT2D eigenvalue weighted by Gasteiger charge is -2.21. The van der Waals surface area contributed by atoms with Crippen molar-refractivity contribution in [1.82, 2.24) is 10.3 Å². The van der Waals surface area contributed by atoms with Crippen LogP contribution in [0.5, 0.6) is 0 Å². The monoisotopic (exact) mass is 261 g/mol. The highest BCUT2D eigenvalue weighted by Crippen LogP contribution is 2.18. The minimum atomic E-state index is -0.327. The number of H-pyrrole nitrogens is 1. The number of nitrogens with one attached hydrogen (secondary N) is 2. The standard InChI is InChI=1S/C14H19N3O2/c1-14(2,8-18)7-16-13(19)12-6-9-5-10(15)3-4-11(9)17-12/h3-6,17-18H,7-8,15H2,1-2H3,(H,16,19). The first kappa shape index (κ1) is 13.4. The SMILES string of the molecule is CC(C)(CO)CNC(=O)c1cc2cc(N)ccc2[nH]1. The molecule has 5 heteroatoms. The number of aromatic amines is 1. The summed E-state index contributed by atoms with van der Waals surface area (Å²) in [6.45, 7) is 4.22. The Morgan fingerprint density at radius 2 is 2.16 bits per heavy atom. The second-order valence-electron chi connectivity index (χ2n) is 5.53. The topological polar surface area (TPSA) is 91.1 Å². The van der Waals surface area contributed by atoms with Gasteiger partial charge in [-0.05, 0) is 24.3 Å². The third kappa shape index (κ3) is 3.06. The zero-order valence-electron chi connectivity index (χ0n) is 11.2. The minimum absolute atomic E-state index is 0.0243. The molecule has 0 aliphatic carbocycles. The molecule has 2 aromatic rings. The Morgan fingerprint density at radius 1 is 1.42 bits per heavy atom. The molecule has 0 unspecified atom stereocenters. The fourth-order valence-corrected chi connectivity index (χ4v) is 1.74. The molecule has 0 spiro atoms. The van der Waals surface area contributed by atoms with Crippen LogP contribution >= 0.6 is 0 Å². The van der Waals surface area contributed by atoms with Gasteiger partial charge in [0.1, 0.15) is 5.69 Å². The van der Waals surface area contributed by atoms with Gasteiger partial charge in [0.05, 0.1) is 0 Å². The molecule has 0 aliphatic heterocycles. The van der Waals surface area contributed by atoms with E-state index in [9.17, 15) is 4.79 Å². The molecule has 1 aromatic carbocycles. The van der Waals surface area contributed by atoms with E-state index in [2.05, 4.69) is 10.3 Å². The highest BCUT2D eigenvalue weighted by molar-refractivity contribution is 5.98. The second kappa shape index (κ2) is 4.93. The number of aliphatic hydroxyl groups is 1. The largest absolute Gasteiger partial charge is 0.399 e. The third-order valence-electron chi connectivity index (χ3n) is 3.04. The Bertz CT molecular complexity index is 602. The van der Waals surface area contributed by atoms with Gasteiger partial charge in [0.15, 0.2) is 0 Å². The van der Waals surface area contributed by atoms with E-state index >= 15 is 0 Å². The summed E-state index contributed by atoms with van der Waals surface area (Å²) in [6, 6.07) is 7.22. The number of fused-ring (bicyclic) bond motifs is 1. The van der Waals surface area contributed by atoms with Crippen molar-refractivity contribution in [3.05, 3.63) is 30.0 Å². The summed E-state index contributed by atoms with van der Waals surface area (Å²) in [5.41, 5.74) is 7.41. The molecule has 0 aliphatic rings. The zero-order chi connectivity index (χ0) is 14.0. The summed E-state index contributed by atoms with van der Waals surface area (Å²) in [5, 5.41) is 12.9. The van der Waals surface area contributed by atoms with E-state index in [0.717, 1.165) is 10.9 Å². The fourth-order valence-electron chi connectivity index (χ4n) is 1.74. The van der Waals surface area contributed by atoms with Crippen LogP contribution in [0.1, 0.15) is 24.3 Å². The fraction of sp³-hybridized carbons (Fsp3) is 0.357. The molecule has 1 amide bonds. The number of benzene rings is 1. The van der Waals surface area contributed by atoms with Gasteiger partial charge in [0.25, 0.3) is 5.91 Å². The molecule has 0 fully saturated rings. The van der Waals surface area contributed by atoms with Gasteiger partial charge in [-0.25, -0.2) is 0 Å². The average molecular weight is 261 g/mol. The maximum Gasteiger partial charge on any atom is 0.267 e. The number of carbonyl (C=O) groups excluding carboxylic acids is 1. The number of amides is 1. The van der Waals surface area contributed by atoms with Crippen molar-refractivity contribution in [2.75, 3.05) is 18.9 Å². The first-order valence-electron chi connectivity index (χ1n) is 6.19. The summed E-state index contributed by atoms with van der Waals surface area (Å²) in [7, 11) is 0. The van der Waals surface area contributed by atoms with E-state index in [1.807, 2.05) is 26.0 Å². The van der Waals surface area contributed by atoms with E-state index in [0.29, 0.717) is 17.9 Å². The number of hydrogen-bond donors (Lipinski definition) is 4. The van der Waals surface area contributed by atoms with Gasteiger partial charge in [0.2, 0.25) is 0 Å². The highest BCUT2D eigenvalue weighted by atomic mass is 16.3. The molecule has 1 aromatic heterocycles. The first-order valence-corrected chi connectivity index (χ1v) is 6.19. The number of nitrogen functional groups attached to an aromatic ring is 1. The molecular formula is C14H19N3O2. The van der Waals surface area contributed by atoms with Crippen molar-refractivity contribution < 1.29 is 9.90 Å². The molecule has 0 saturated carbocycles. The number of aliphatic hydroxyl groups excluding tert-OH is 1. The Balaban J connectivity index is 2.13. The van der Waals surface area contributed by atoms with E-state index in [4.69, 9.17) is 10.8 Å². The molecule has 0 bridgehead atoms. The molecule has 19 heavy (non-hydrogen) atoms. The van der Waals surface area contributed by atoms with Crippen LogP contribution in [-0.2, 0) is 0 Å². The van der Waals surface area contributed by atoms with E-state index in [-0.39, 0.29) is 17.9 Å². The predicted molar refractivity (Wildman–Crippen MR) is 75.9 cm³/mol. The summed E-state index contributed by atoms with van der Waals surface area (Å²) < 4.78 is 0. The zero-order valence-corrected chi connectivity index (χ0v) is 11.2. The molecule has 102 valence electrons. The van der Waals surface area contributed by atoms with Crippen molar-refractivity contribution in [2.45, 2.75) is 13.8 Å². The van der Waals surface area contributed by atoms with E-state index in [1.54, 1.807) is 12.1 Å². The molecule has 0 radical (unpaired) electrons. The number of rotatable bonds is 4. The smallest absolute Gasteiger partial charge is 0.267 e. The number of nitrogens with two attached hydrogens (primary N) is 1. The molecule has 1 heterocycles. The van der Waals surface area contributed by atoms with E-state index < -0.39 is 0 Å². The lowest BCUT2D eigenvalue weighted by molar-refractivity contribution is 0.0907. The van der Waals surface area contributed by atoms with Crippen molar-refractivity contribution in [2.24, 2.45) is 5.41 Å². The van der Waals surface area contributed by atoms with Gasteiger partial charge < -0.3 is 21.1 Å². The maximum absolute atomic E-state index is 12.0. The number of anilines is 1. The van der Waals surface area contributed by atoms with Crippen LogP contribution in [0.4, 0.5) is 5.69 Å². The summed E-state index contributed by atoms with van der Waals surface area (Å²) in [5.74, 6) is -0.184. The summed E-state index contributed by atoms with van der Waals surface area (Å²) in [4.78, 5) is 15.1. The average Bonchev–Trinajstić information content (AvgIpc) is 2.79. The van der Waals surface area contributed by atoms with Gasteiger partial charge >= 0.3 is 0 Å². The number of aromatic nitrogens is 1. The van der Waals surface area contributed by atoms with Crippen molar-refractivity contribution in [1.29, 1.82) is 0 Å². The molecule has 0 atom stereocenters. The van der Waals surface area contributed by atoms with Gasteiger partial charge in [0, 0.05) is 35.2 Å². The van der Waals surface area contributed by atoms with Crippen LogP contribution in [0, 0.1) is 5.41 Å². The van der Waals surface area contributed by atoms with E-state index in [1.165, 1.54) is 0 Å². The number of carbonyl (C=O) groups is 1. The molecule has 5 N–H and O–H groups in total. The minimum Gasteiger partial charge on any atom is -0.399 e. The van der Waals surface area contributed by atoms with Gasteiger partial charge in [-0.3, -0.25) is 4.79 Å². The van der Waals surface area contributed by atoms with Crippen molar-refractivity contribution >= 4 is 22.5 Å². The summed E-state index contributed by atoms with van der Waals surface area (Å²) in [6.07, 6.45) is 0. The Morgan fingerprint density at radius 3 is 2.84 bits per heavy atom. The molecule has 5 nitrogen and oxygen atoms in total. The van der Waals surface area contributed by atoms with Gasteiger partial charge in [-0.1, -0.05) is 13.8 Å².